The third kappa shape index (κ3) is 4.27. The van der Waals surface area contributed by atoms with Crippen LogP contribution in [0.25, 0.3) is 11.0 Å². The Labute approximate surface area is 167 Å². The fourth-order valence-corrected chi connectivity index (χ4v) is 2.87. The van der Waals surface area contributed by atoms with E-state index in [9.17, 15) is 35.5 Å². The zero-order valence-corrected chi connectivity index (χ0v) is 15.0. The van der Waals surface area contributed by atoms with E-state index in [1.807, 2.05) is 0 Å². The number of alkyl halides is 6. The molecular formula is C17H8ClF7N2O3. The van der Waals surface area contributed by atoms with Crippen LogP contribution in [-0.4, -0.2) is 20.6 Å². The summed E-state index contributed by atoms with van der Waals surface area (Å²) in [4.78, 5) is 14.2. The van der Waals surface area contributed by atoms with E-state index in [0.717, 1.165) is 18.2 Å². The van der Waals surface area contributed by atoms with Crippen LogP contribution in [0, 0.1) is 5.82 Å². The Bertz CT molecular complexity index is 1120. The predicted octanol–water partition coefficient (Wildman–Crippen LogP) is 5.74. The second-order valence-electron chi connectivity index (χ2n) is 5.93. The van der Waals surface area contributed by atoms with Gasteiger partial charge in [0.05, 0.1) is 21.6 Å². The van der Waals surface area contributed by atoms with Gasteiger partial charge < -0.3 is 14.4 Å². The quantitative estimate of drug-likeness (QED) is 0.508. The molecule has 3 rings (SSSR count). The fourth-order valence-electron chi connectivity index (χ4n) is 2.62. The van der Waals surface area contributed by atoms with Crippen molar-refractivity contribution in [3.63, 3.8) is 0 Å². The summed E-state index contributed by atoms with van der Waals surface area (Å²) in [5.74, 6) is -5.52. The van der Waals surface area contributed by atoms with Gasteiger partial charge in [-0.3, -0.25) is 4.79 Å². The molecule has 30 heavy (non-hydrogen) atoms. The maximum absolute atomic E-state index is 14.1. The number of benzene rings is 2. The number of fused-ring (bicyclic) bond motifs is 1. The maximum Gasteiger partial charge on any atom is 0.449 e. The van der Waals surface area contributed by atoms with Crippen molar-refractivity contribution in [3.05, 3.63) is 52.6 Å². The minimum atomic E-state index is -4.96. The number of rotatable bonds is 4. The van der Waals surface area contributed by atoms with Crippen molar-refractivity contribution in [1.29, 1.82) is 0 Å². The van der Waals surface area contributed by atoms with Gasteiger partial charge in [-0.2, -0.15) is 26.3 Å². The molecule has 1 heterocycles. The van der Waals surface area contributed by atoms with Crippen LogP contribution in [0.2, 0.25) is 5.02 Å². The minimum Gasteiger partial charge on any atom is -0.480 e. The molecule has 2 aromatic carbocycles. The number of carboxylic acid groups (broad SMARTS) is 1. The number of ether oxygens (including phenoxy) is 1. The van der Waals surface area contributed by atoms with Gasteiger partial charge in [-0.15, -0.1) is 0 Å². The van der Waals surface area contributed by atoms with Gasteiger partial charge in [0.1, 0.15) is 12.3 Å². The largest absolute Gasteiger partial charge is 0.480 e. The number of hydrogen-bond donors (Lipinski definition) is 1. The van der Waals surface area contributed by atoms with E-state index >= 15 is 0 Å². The molecule has 13 heteroatoms. The molecule has 0 unspecified atom stereocenters. The molecule has 160 valence electrons. The van der Waals surface area contributed by atoms with Gasteiger partial charge in [0, 0.05) is 6.07 Å². The van der Waals surface area contributed by atoms with Crippen molar-refractivity contribution < 1.29 is 45.4 Å². The smallest absolute Gasteiger partial charge is 0.449 e. The molecule has 1 N–H and O–H groups in total. The topological polar surface area (TPSA) is 64.3 Å². The SMILES string of the molecule is O=C(O)Cn1c(C(F)(F)F)nc2cc(Oc3c(F)cc(C(F)(F)F)cc3Cl)ccc21. The fraction of sp³-hybridized carbons (Fsp3) is 0.176. The second kappa shape index (κ2) is 7.35. The average Bonchev–Trinajstić information content (AvgIpc) is 2.94. The first-order valence-electron chi connectivity index (χ1n) is 7.80. The molecule has 3 aromatic rings. The van der Waals surface area contributed by atoms with Crippen molar-refractivity contribution in [2.24, 2.45) is 0 Å². The van der Waals surface area contributed by atoms with Gasteiger partial charge in [0.25, 0.3) is 0 Å². The number of hydrogen-bond acceptors (Lipinski definition) is 3. The molecule has 0 amide bonds. The lowest BCUT2D eigenvalue weighted by molar-refractivity contribution is -0.149. The highest BCUT2D eigenvalue weighted by atomic mass is 35.5. The van der Waals surface area contributed by atoms with Crippen LogP contribution < -0.4 is 4.74 Å². The zero-order valence-electron chi connectivity index (χ0n) is 14.3. The Hall–Kier alpha value is -3.02. The van der Waals surface area contributed by atoms with Crippen molar-refractivity contribution in [1.82, 2.24) is 9.55 Å². The molecule has 0 spiro atoms. The van der Waals surface area contributed by atoms with Crippen LogP contribution in [0.4, 0.5) is 30.7 Å². The normalized spacial score (nSPS) is 12.4. The van der Waals surface area contributed by atoms with Crippen LogP contribution in [0.15, 0.2) is 30.3 Å². The van der Waals surface area contributed by atoms with Crippen LogP contribution in [0.1, 0.15) is 11.4 Å². The van der Waals surface area contributed by atoms with Crippen molar-refractivity contribution in [2.75, 3.05) is 0 Å². The van der Waals surface area contributed by atoms with Gasteiger partial charge in [0.15, 0.2) is 11.6 Å². The predicted molar refractivity (Wildman–Crippen MR) is 88.9 cm³/mol. The van der Waals surface area contributed by atoms with Crippen LogP contribution >= 0.6 is 11.6 Å². The van der Waals surface area contributed by atoms with Crippen molar-refractivity contribution in [2.45, 2.75) is 18.9 Å². The van der Waals surface area contributed by atoms with Gasteiger partial charge >= 0.3 is 18.3 Å². The molecule has 0 fully saturated rings. The Morgan fingerprint density at radius 1 is 1.10 bits per heavy atom. The summed E-state index contributed by atoms with van der Waals surface area (Å²) >= 11 is 5.66. The molecule has 0 aliphatic rings. The molecule has 0 radical (unpaired) electrons. The van der Waals surface area contributed by atoms with E-state index in [0.29, 0.717) is 10.6 Å². The Morgan fingerprint density at radius 2 is 1.77 bits per heavy atom. The molecule has 0 aliphatic carbocycles. The van der Waals surface area contributed by atoms with Gasteiger partial charge in [-0.1, -0.05) is 11.6 Å². The number of aliphatic carboxylic acids is 1. The lowest BCUT2D eigenvalue weighted by atomic mass is 10.2. The maximum atomic E-state index is 14.1. The van der Waals surface area contributed by atoms with Gasteiger partial charge in [-0.25, -0.2) is 9.37 Å². The number of aromatic nitrogens is 2. The van der Waals surface area contributed by atoms with E-state index < -0.39 is 52.8 Å². The summed E-state index contributed by atoms with van der Waals surface area (Å²) in [5.41, 5.74) is -1.88. The van der Waals surface area contributed by atoms with Gasteiger partial charge in [0.2, 0.25) is 5.82 Å². The highest BCUT2D eigenvalue weighted by Gasteiger charge is 2.38. The number of imidazole rings is 1. The van der Waals surface area contributed by atoms with E-state index in [1.54, 1.807) is 0 Å². The minimum absolute atomic E-state index is 0.156. The van der Waals surface area contributed by atoms with E-state index in [-0.39, 0.29) is 22.8 Å². The zero-order chi connectivity index (χ0) is 22.4. The molecule has 5 nitrogen and oxygen atoms in total. The second-order valence-corrected chi connectivity index (χ2v) is 6.34. The molecule has 0 aliphatic heterocycles. The average molecular weight is 457 g/mol. The van der Waals surface area contributed by atoms with Crippen molar-refractivity contribution >= 4 is 28.6 Å². The highest BCUT2D eigenvalue weighted by molar-refractivity contribution is 6.32. The summed E-state index contributed by atoms with van der Waals surface area (Å²) in [6.45, 7) is -1.02. The van der Waals surface area contributed by atoms with Crippen LogP contribution in [-0.2, 0) is 23.7 Å². The summed E-state index contributed by atoms with van der Waals surface area (Å²) in [6, 6.07) is 3.64. The molecule has 1 aromatic heterocycles. The molecule has 0 atom stereocenters. The Kier molecular flexibility index (Phi) is 5.31. The lowest BCUT2D eigenvalue weighted by Gasteiger charge is -2.12. The number of carboxylic acids is 1. The standard InChI is InChI=1S/C17H8ClF7N2O3/c18-9-3-7(16(20,21)22)4-10(19)14(9)30-8-1-2-12-11(5-8)26-15(17(23,24)25)27(12)6-13(28)29/h1-5H,6H2,(H,28,29). The van der Waals surface area contributed by atoms with E-state index in [1.165, 1.54) is 0 Å². The third-order valence-electron chi connectivity index (χ3n) is 3.81. The highest BCUT2D eigenvalue weighted by Crippen LogP contribution is 2.39. The lowest BCUT2D eigenvalue weighted by Crippen LogP contribution is -2.18. The van der Waals surface area contributed by atoms with Crippen LogP contribution in [0.3, 0.4) is 0 Å². The number of halogens is 8. The molecule has 0 saturated carbocycles. The number of nitrogens with zero attached hydrogens (tertiary/aromatic N) is 2. The first-order chi connectivity index (χ1) is 13.8. The molecule has 0 saturated heterocycles. The monoisotopic (exact) mass is 456 g/mol. The molecule has 0 bridgehead atoms. The first kappa shape index (κ1) is 21.7. The Morgan fingerprint density at radius 3 is 2.30 bits per heavy atom. The molecular weight excluding hydrogens is 449 g/mol. The van der Waals surface area contributed by atoms with E-state index in [2.05, 4.69) is 4.98 Å². The summed E-state index contributed by atoms with van der Waals surface area (Å²) in [7, 11) is 0. The third-order valence-corrected chi connectivity index (χ3v) is 4.09. The first-order valence-corrected chi connectivity index (χ1v) is 8.18. The number of carbonyl (C=O) groups is 1. The van der Waals surface area contributed by atoms with Crippen molar-refractivity contribution in [3.8, 4) is 11.5 Å². The van der Waals surface area contributed by atoms with Gasteiger partial charge in [-0.05, 0) is 24.3 Å². The summed E-state index contributed by atoms with van der Waals surface area (Å²) in [5, 5.41) is 8.13. The Balaban J connectivity index is 2.04. The van der Waals surface area contributed by atoms with Crippen LogP contribution in [0.5, 0.6) is 11.5 Å². The summed E-state index contributed by atoms with van der Waals surface area (Å²) in [6.07, 6.45) is -9.81. The van der Waals surface area contributed by atoms with E-state index in [4.69, 9.17) is 21.4 Å². The summed E-state index contributed by atoms with van der Waals surface area (Å²) < 4.78 is 97.2.